The van der Waals surface area contributed by atoms with Gasteiger partial charge >= 0.3 is 0 Å². The van der Waals surface area contributed by atoms with Crippen molar-refractivity contribution in [2.24, 2.45) is 0 Å². The normalized spacial score (nSPS) is 16.8. The maximum Gasteiger partial charge on any atom is 0.244 e. The fourth-order valence-electron chi connectivity index (χ4n) is 3.54. The molecule has 0 bridgehead atoms. The van der Waals surface area contributed by atoms with Crippen LogP contribution in [0.2, 0.25) is 0 Å². The van der Waals surface area contributed by atoms with E-state index in [1.807, 2.05) is 24.3 Å². The number of carbonyl (C=O) groups is 1. The number of benzene rings is 1. The van der Waals surface area contributed by atoms with E-state index < -0.39 is 0 Å². The number of aromatic nitrogens is 1. The average molecular weight is 320 g/mol. The molecule has 0 unspecified atom stereocenters. The number of hydrogen-bond acceptors (Lipinski definition) is 2. The molecule has 0 aliphatic heterocycles. The molecule has 0 radical (unpaired) electrons. The van der Waals surface area contributed by atoms with Crippen LogP contribution in [0.3, 0.4) is 0 Å². The molecule has 1 N–H and O–H groups in total. The summed E-state index contributed by atoms with van der Waals surface area (Å²) in [6.07, 6.45) is 11.1. The highest BCUT2D eigenvalue weighted by molar-refractivity contribution is 5.91. The molecule has 3 heteroatoms. The van der Waals surface area contributed by atoms with E-state index in [-0.39, 0.29) is 11.3 Å². The van der Waals surface area contributed by atoms with E-state index >= 15 is 0 Å². The van der Waals surface area contributed by atoms with E-state index in [1.165, 1.54) is 24.8 Å². The predicted octanol–water partition coefficient (Wildman–Crippen LogP) is 4.11. The van der Waals surface area contributed by atoms with Crippen molar-refractivity contribution in [3.8, 4) is 0 Å². The van der Waals surface area contributed by atoms with Gasteiger partial charge in [-0.25, -0.2) is 0 Å². The third kappa shape index (κ3) is 4.10. The van der Waals surface area contributed by atoms with Crippen LogP contribution in [0.5, 0.6) is 0 Å². The van der Waals surface area contributed by atoms with Crippen LogP contribution in [0.1, 0.15) is 43.4 Å². The van der Waals surface area contributed by atoms with Crippen LogP contribution < -0.4 is 5.32 Å². The fourth-order valence-corrected chi connectivity index (χ4v) is 3.54. The van der Waals surface area contributed by atoms with Crippen LogP contribution in [-0.4, -0.2) is 17.4 Å². The Morgan fingerprint density at radius 1 is 1.04 bits per heavy atom. The molecule has 1 aromatic carbocycles. The summed E-state index contributed by atoms with van der Waals surface area (Å²) in [6, 6.07) is 16.3. The smallest absolute Gasteiger partial charge is 0.244 e. The fraction of sp³-hybridized carbons (Fsp3) is 0.333. The summed E-state index contributed by atoms with van der Waals surface area (Å²) < 4.78 is 0. The number of carbonyl (C=O) groups excluding carboxylic acids is 1. The number of rotatable bonds is 5. The van der Waals surface area contributed by atoms with E-state index in [0.717, 1.165) is 18.5 Å². The van der Waals surface area contributed by atoms with Gasteiger partial charge in [0.1, 0.15) is 0 Å². The van der Waals surface area contributed by atoms with Crippen molar-refractivity contribution in [3.63, 3.8) is 0 Å². The number of hydrogen-bond donors (Lipinski definition) is 1. The Balaban J connectivity index is 1.66. The van der Waals surface area contributed by atoms with E-state index in [4.69, 9.17) is 0 Å². The highest BCUT2D eigenvalue weighted by atomic mass is 16.1. The lowest BCUT2D eigenvalue weighted by atomic mass is 9.69. The third-order valence-corrected chi connectivity index (χ3v) is 4.89. The van der Waals surface area contributed by atoms with Gasteiger partial charge in [0.05, 0.1) is 5.69 Å². The van der Waals surface area contributed by atoms with Gasteiger partial charge in [0.15, 0.2) is 0 Å². The van der Waals surface area contributed by atoms with Gasteiger partial charge in [0.25, 0.3) is 0 Å². The zero-order chi connectivity index (χ0) is 16.7. The zero-order valence-electron chi connectivity index (χ0n) is 13.9. The molecule has 1 aliphatic rings. The van der Waals surface area contributed by atoms with Gasteiger partial charge in [0, 0.05) is 24.2 Å². The number of nitrogens with zero attached hydrogens (tertiary/aromatic N) is 1. The monoisotopic (exact) mass is 320 g/mol. The molecule has 0 atom stereocenters. The van der Waals surface area contributed by atoms with Crippen LogP contribution in [0.25, 0.3) is 6.08 Å². The predicted molar refractivity (Wildman–Crippen MR) is 97.5 cm³/mol. The molecule has 3 nitrogen and oxygen atoms in total. The minimum atomic E-state index is -0.0541. The van der Waals surface area contributed by atoms with Crippen molar-refractivity contribution < 1.29 is 4.79 Å². The molecule has 1 aromatic heterocycles. The minimum absolute atomic E-state index is 0.0541. The summed E-state index contributed by atoms with van der Waals surface area (Å²) in [7, 11) is 0. The maximum atomic E-state index is 12.2. The molecule has 1 heterocycles. The first-order valence-electron chi connectivity index (χ1n) is 8.71. The second-order valence-electron chi connectivity index (χ2n) is 6.51. The second kappa shape index (κ2) is 7.91. The molecule has 1 amide bonds. The molecule has 3 rings (SSSR count). The van der Waals surface area contributed by atoms with Gasteiger partial charge in [-0.15, -0.1) is 0 Å². The van der Waals surface area contributed by atoms with Gasteiger partial charge in [-0.05, 0) is 36.6 Å². The Morgan fingerprint density at radius 3 is 2.50 bits per heavy atom. The highest BCUT2D eigenvalue weighted by Crippen LogP contribution is 2.38. The quantitative estimate of drug-likeness (QED) is 0.842. The first kappa shape index (κ1) is 16.4. The van der Waals surface area contributed by atoms with Crippen molar-refractivity contribution in [3.05, 3.63) is 72.1 Å². The second-order valence-corrected chi connectivity index (χ2v) is 6.51. The lowest BCUT2D eigenvalue weighted by Crippen LogP contribution is -2.41. The van der Waals surface area contributed by atoms with Gasteiger partial charge in [0.2, 0.25) is 5.91 Å². The van der Waals surface area contributed by atoms with Gasteiger partial charge in [-0.3, -0.25) is 9.78 Å². The summed E-state index contributed by atoms with van der Waals surface area (Å²) in [6.45, 7) is 0.697. The summed E-state index contributed by atoms with van der Waals surface area (Å²) >= 11 is 0. The van der Waals surface area contributed by atoms with E-state index in [1.54, 1.807) is 18.3 Å². The minimum Gasteiger partial charge on any atom is -0.352 e. The number of amides is 1. The standard InChI is InChI=1S/C21H24N2O/c24-20(13-12-19-11-5-8-16-22-19)23-17-21(14-6-2-7-15-21)18-9-3-1-4-10-18/h1,3-5,8-13,16H,2,6-7,14-15,17H2,(H,23,24). The Bertz CT molecular complexity index is 673. The van der Waals surface area contributed by atoms with E-state index in [0.29, 0.717) is 6.54 Å². The SMILES string of the molecule is O=C(C=Cc1ccccn1)NCC1(c2ccccc2)CCCCC1. The zero-order valence-corrected chi connectivity index (χ0v) is 13.9. The molecular weight excluding hydrogens is 296 g/mol. The molecule has 2 aromatic rings. The van der Waals surface area contributed by atoms with Gasteiger partial charge < -0.3 is 5.32 Å². The Kier molecular flexibility index (Phi) is 5.42. The summed E-state index contributed by atoms with van der Waals surface area (Å²) in [5.41, 5.74) is 2.22. The maximum absolute atomic E-state index is 12.2. The Hall–Kier alpha value is -2.42. The summed E-state index contributed by atoms with van der Waals surface area (Å²) in [5.74, 6) is -0.0541. The largest absolute Gasteiger partial charge is 0.352 e. The summed E-state index contributed by atoms with van der Waals surface area (Å²) in [4.78, 5) is 16.4. The van der Waals surface area contributed by atoms with Crippen LogP contribution >= 0.6 is 0 Å². The van der Waals surface area contributed by atoms with E-state index in [9.17, 15) is 4.79 Å². The molecule has 1 saturated carbocycles. The van der Waals surface area contributed by atoms with Crippen molar-refractivity contribution in [2.45, 2.75) is 37.5 Å². The molecule has 24 heavy (non-hydrogen) atoms. The van der Waals surface area contributed by atoms with Crippen molar-refractivity contribution >= 4 is 12.0 Å². The topological polar surface area (TPSA) is 42.0 Å². The van der Waals surface area contributed by atoms with Crippen LogP contribution in [0.4, 0.5) is 0 Å². The molecule has 0 spiro atoms. The lowest BCUT2D eigenvalue weighted by Gasteiger charge is -2.38. The first-order chi connectivity index (χ1) is 11.8. The Morgan fingerprint density at radius 2 is 1.79 bits per heavy atom. The van der Waals surface area contributed by atoms with Crippen LogP contribution in [0, 0.1) is 0 Å². The van der Waals surface area contributed by atoms with Crippen molar-refractivity contribution in [1.29, 1.82) is 0 Å². The Labute approximate surface area is 143 Å². The van der Waals surface area contributed by atoms with Crippen molar-refractivity contribution in [1.82, 2.24) is 10.3 Å². The van der Waals surface area contributed by atoms with Crippen molar-refractivity contribution in [2.75, 3.05) is 6.54 Å². The molecule has 1 fully saturated rings. The van der Waals surface area contributed by atoms with Gasteiger partial charge in [-0.2, -0.15) is 0 Å². The first-order valence-corrected chi connectivity index (χ1v) is 8.71. The molecule has 124 valence electrons. The average Bonchev–Trinajstić information content (AvgIpc) is 2.67. The molecular formula is C21H24N2O. The number of nitrogens with one attached hydrogen (secondary N) is 1. The lowest BCUT2D eigenvalue weighted by molar-refractivity contribution is -0.116. The van der Waals surface area contributed by atoms with Crippen LogP contribution in [0.15, 0.2) is 60.8 Å². The molecule has 1 aliphatic carbocycles. The third-order valence-electron chi connectivity index (χ3n) is 4.89. The van der Waals surface area contributed by atoms with Crippen LogP contribution in [-0.2, 0) is 10.2 Å². The number of pyridine rings is 1. The van der Waals surface area contributed by atoms with E-state index in [2.05, 4.69) is 34.6 Å². The highest BCUT2D eigenvalue weighted by Gasteiger charge is 2.33. The summed E-state index contributed by atoms with van der Waals surface area (Å²) in [5, 5.41) is 3.11. The molecule has 0 saturated heterocycles. The van der Waals surface area contributed by atoms with Gasteiger partial charge in [-0.1, -0.05) is 55.7 Å².